The van der Waals surface area contributed by atoms with Crippen molar-refractivity contribution in [3.8, 4) is 0 Å². The number of thioether (sulfide) groups is 1. The van der Waals surface area contributed by atoms with Crippen molar-refractivity contribution >= 4 is 17.4 Å². The molecule has 2 aromatic heterocycles. The molecule has 6 heteroatoms. The van der Waals surface area contributed by atoms with Gasteiger partial charge in [0.1, 0.15) is 10.7 Å². The Hall–Kier alpha value is -1.17. The Balaban J connectivity index is 0.000000956. The van der Waals surface area contributed by atoms with Gasteiger partial charge >= 0.3 is 5.51 Å². The van der Waals surface area contributed by atoms with Gasteiger partial charge in [0.05, 0.1) is 5.69 Å². The van der Waals surface area contributed by atoms with Crippen molar-refractivity contribution in [2.24, 2.45) is 0 Å². The second kappa shape index (κ2) is 6.52. The van der Waals surface area contributed by atoms with Crippen LogP contribution in [0.5, 0.6) is 0 Å². The number of hydrogen-bond acceptors (Lipinski definition) is 2. The van der Waals surface area contributed by atoms with E-state index in [0.29, 0.717) is 11.3 Å². The monoisotopic (exact) mass is 304 g/mol. The van der Waals surface area contributed by atoms with Crippen LogP contribution in [-0.2, 0) is 0 Å². The largest absolute Gasteiger partial charge is 0.447 e. The molecule has 2 heterocycles. The molecule has 0 fully saturated rings. The highest BCUT2D eigenvalue weighted by atomic mass is 32.2. The predicted molar refractivity (Wildman–Crippen MR) is 77.3 cm³/mol. The summed E-state index contributed by atoms with van der Waals surface area (Å²) in [6.07, 6.45) is 1.62. The van der Waals surface area contributed by atoms with Crippen LogP contribution in [0.1, 0.15) is 44.9 Å². The molecule has 112 valence electrons. The van der Waals surface area contributed by atoms with Crippen LogP contribution in [0, 0.1) is 6.92 Å². The van der Waals surface area contributed by atoms with E-state index in [1.165, 1.54) is 4.40 Å². The maximum atomic E-state index is 12.5. The van der Waals surface area contributed by atoms with Gasteiger partial charge in [-0.25, -0.2) is 4.98 Å². The van der Waals surface area contributed by atoms with E-state index in [4.69, 9.17) is 0 Å². The lowest BCUT2D eigenvalue weighted by molar-refractivity contribution is -0.0330. The van der Waals surface area contributed by atoms with E-state index in [-0.39, 0.29) is 22.7 Å². The Labute approximate surface area is 121 Å². The van der Waals surface area contributed by atoms with E-state index >= 15 is 0 Å². The Morgan fingerprint density at radius 1 is 1.25 bits per heavy atom. The molecule has 0 spiro atoms. The standard InChI is InChI=1S/C12H13F3N2S.C2H6/c1-7(2)9-5-4-6-17-10(9)16-8(3)11(17)18-12(13,14)15;1-2/h4-7H,1-3H3;1-2H3. The van der Waals surface area contributed by atoms with Gasteiger partial charge in [-0.1, -0.05) is 33.8 Å². The Morgan fingerprint density at radius 3 is 2.35 bits per heavy atom. The lowest BCUT2D eigenvalue weighted by atomic mass is 10.1. The van der Waals surface area contributed by atoms with Crippen molar-refractivity contribution in [2.45, 2.75) is 51.1 Å². The Kier molecular flexibility index (Phi) is 5.50. The molecule has 0 atom stereocenters. The minimum absolute atomic E-state index is 0.116. The molecule has 0 aliphatic heterocycles. The molecular formula is C14H19F3N2S. The first-order valence-electron chi connectivity index (χ1n) is 6.53. The van der Waals surface area contributed by atoms with Crippen molar-refractivity contribution in [3.05, 3.63) is 29.6 Å². The average Bonchev–Trinajstić information content (AvgIpc) is 2.66. The van der Waals surface area contributed by atoms with Crippen LogP contribution in [-0.4, -0.2) is 14.9 Å². The molecule has 0 bridgehead atoms. The number of aromatic nitrogens is 2. The van der Waals surface area contributed by atoms with E-state index < -0.39 is 5.51 Å². The van der Waals surface area contributed by atoms with Crippen LogP contribution in [0.15, 0.2) is 23.4 Å². The van der Waals surface area contributed by atoms with Crippen LogP contribution < -0.4 is 0 Å². The van der Waals surface area contributed by atoms with Gasteiger partial charge in [0.15, 0.2) is 0 Å². The fraction of sp³-hybridized carbons (Fsp3) is 0.500. The zero-order chi connectivity index (χ0) is 15.5. The van der Waals surface area contributed by atoms with E-state index in [0.717, 1.165) is 5.56 Å². The number of aryl methyl sites for hydroxylation is 1. The van der Waals surface area contributed by atoms with Gasteiger partial charge in [-0.3, -0.25) is 4.40 Å². The molecule has 0 aromatic carbocycles. The fourth-order valence-corrected chi connectivity index (χ4v) is 2.52. The van der Waals surface area contributed by atoms with Gasteiger partial charge in [-0.2, -0.15) is 13.2 Å². The maximum absolute atomic E-state index is 12.5. The zero-order valence-electron chi connectivity index (χ0n) is 12.2. The minimum Gasteiger partial charge on any atom is -0.294 e. The highest BCUT2D eigenvalue weighted by Gasteiger charge is 2.32. The molecule has 2 nitrogen and oxygen atoms in total. The normalized spacial score (nSPS) is 11.7. The molecule has 0 radical (unpaired) electrons. The van der Waals surface area contributed by atoms with Gasteiger partial charge in [0, 0.05) is 18.0 Å². The Bertz CT molecular complexity index is 574. The van der Waals surface area contributed by atoms with E-state index in [1.807, 2.05) is 33.8 Å². The molecule has 2 aromatic rings. The second-order valence-electron chi connectivity index (χ2n) is 4.36. The molecule has 0 saturated heterocycles. The van der Waals surface area contributed by atoms with Gasteiger partial charge in [-0.15, -0.1) is 0 Å². The summed E-state index contributed by atoms with van der Waals surface area (Å²) in [5, 5.41) is 0.139. The molecule has 0 aliphatic carbocycles. The number of nitrogens with zero attached hydrogens (tertiary/aromatic N) is 2. The van der Waals surface area contributed by atoms with E-state index in [9.17, 15) is 13.2 Å². The van der Waals surface area contributed by atoms with Crippen LogP contribution in [0.4, 0.5) is 13.2 Å². The molecule has 2 rings (SSSR count). The van der Waals surface area contributed by atoms with Gasteiger partial charge < -0.3 is 0 Å². The molecule has 0 unspecified atom stereocenters. The van der Waals surface area contributed by atoms with Crippen molar-refractivity contribution < 1.29 is 13.2 Å². The van der Waals surface area contributed by atoms with Crippen molar-refractivity contribution in [3.63, 3.8) is 0 Å². The number of halogens is 3. The molecule has 0 saturated carbocycles. The Morgan fingerprint density at radius 2 is 1.85 bits per heavy atom. The van der Waals surface area contributed by atoms with E-state index in [2.05, 4.69) is 4.98 Å². The number of hydrogen-bond donors (Lipinski definition) is 0. The highest BCUT2D eigenvalue weighted by Crippen LogP contribution is 2.39. The third-order valence-electron chi connectivity index (χ3n) is 2.63. The second-order valence-corrected chi connectivity index (χ2v) is 5.42. The lowest BCUT2D eigenvalue weighted by Crippen LogP contribution is -2.02. The molecule has 0 amide bonds. The first kappa shape index (κ1) is 16.9. The minimum atomic E-state index is -4.30. The maximum Gasteiger partial charge on any atom is 0.447 e. The summed E-state index contributed by atoms with van der Waals surface area (Å²) in [5.74, 6) is 0.222. The molecular weight excluding hydrogens is 285 g/mol. The third kappa shape index (κ3) is 3.69. The summed E-state index contributed by atoms with van der Waals surface area (Å²) < 4.78 is 39.0. The van der Waals surface area contributed by atoms with Crippen LogP contribution in [0.3, 0.4) is 0 Å². The van der Waals surface area contributed by atoms with Gasteiger partial charge in [0.25, 0.3) is 0 Å². The summed E-state index contributed by atoms with van der Waals surface area (Å²) in [7, 11) is 0. The highest BCUT2D eigenvalue weighted by molar-refractivity contribution is 8.00. The molecule has 20 heavy (non-hydrogen) atoms. The molecule has 0 aliphatic rings. The summed E-state index contributed by atoms with van der Waals surface area (Å²) in [6.45, 7) is 9.59. The van der Waals surface area contributed by atoms with Crippen LogP contribution in [0.2, 0.25) is 0 Å². The number of pyridine rings is 1. The SMILES string of the molecule is CC.Cc1nc2c(C(C)C)cccn2c1SC(F)(F)F. The van der Waals surface area contributed by atoms with E-state index in [1.54, 1.807) is 19.2 Å². The summed E-state index contributed by atoms with van der Waals surface area (Å²) >= 11 is -0.116. The topological polar surface area (TPSA) is 17.3 Å². The fourth-order valence-electron chi connectivity index (χ4n) is 1.86. The summed E-state index contributed by atoms with van der Waals surface area (Å²) in [4.78, 5) is 4.26. The van der Waals surface area contributed by atoms with Crippen LogP contribution >= 0.6 is 11.8 Å². The summed E-state index contributed by atoms with van der Waals surface area (Å²) in [6, 6.07) is 3.65. The summed E-state index contributed by atoms with van der Waals surface area (Å²) in [5.41, 5.74) is -2.33. The first-order chi connectivity index (χ1) is 9.29. The first-order valence-corrected chi connectivity index (χ1v) is 7.34. The zero-order valence-corrected chi connectivity index (χ0v) is 13.1. The number of imidazole rings is 1. The van der Waals surface area contributed by atoms with Crippen molar-refractivity contribution in [1.29, 1.82) is 0 Å². The lowest BCUT2D eigenvalue weighted by Gasteiger charge is -2.09. The number of alkyl halides is 3. The smallest absolute Gasteiger partial charge is 0.294 e. The number of fused-ring (bicyclic) bond motifs is 1. The average molecular weight is 304 g/mol. The number of rotatable bonds is 2. The quantitative estimate of drug-likeness (QED) is 0.691. The van der Waals surface area contributed by atoms with Crippen molar-refractivity contribution in [2.75, 3.05) is 0 Å². The predicted octanol–water partition coefficient (Wildman–Crippen LogP) is 5.40. The van der Waals surface area contributed by atoms with Gasteiger partial charge in [-0.05, 0) is 24.5 Å². The third-order valence-corrected chi connectivity index (χ3v) is 3.55. The van der Waals surface area contributed by atoms with Crippen molar-refractivity contribution in [1.82, 2.24) is 9.38 Å². The molecule has 0 N–H and O–H groups in total. The van der Waals surface area contributed by atoms with Crippen LogP contribution in [0.25, 0.3) is 5.65 Å². The van der Waals surface area contributed by atoms with Gasteiger partial charge in [0.2, 0.25) is 0 Å².